The predicted octanol–water partition coefficient (Wildman–Crippen LogP) is 3.46. The molecule has 1 fully saturated rings. The van der Waals surface area contributed by atoms with Crippen LogP contribution in [0.1, 0.15) is 30.1 Å². The summed E-state index contributed by atoms with van der Waals surface area (Å²) in [5, 5.41) is 16.7. The molecule has 1 heterocycles. The maximum absolute atomic E-state index is 12.4. The number of esters is 1. The Morgan fingerprint density at radius 3 is 2.72 bits per heavy atom. The number of rotatable bonds is 6. The molecular formula is C22H19N3O4. The molecule has 0 radical (unpaired) electrons. The summed E-state index contributed by atoms with van der Waals surface area (Å²) in [5.74, 6) is -0.417. The molecule has 7 nitrogen and oxygen atoms in total. The van der Waals surface area contributed by atoms with Gasteiger partial charge in [-0.3, -0.25) is 4.79 Å². The molecule has 3 aromatic rings. The van der Waals surface area contributed by atoms with Crippen molar-refractivity contribution in [3.63, 3.8) is 0 Å². The molecule has 1 aromatic heterocycles. The fourth-order valence-electron chi connectivity index (χ4n) is 3.29. The Morgan fingerprint density at radius 1 is 1.28 bits per heavy atom. The van der Waals surface area contributed by atoms with Gasteiger partial charge in [0.05, 0.1) is 17.0 Å². The topological polar surface area (TPSA) is 105 Å². The predicted molar refractivity (Wildman–Crippen MR) is 105 cm³/mol. The minimum atomic E-state index is -0.921. The van der Waals surface area contributed by atoms with E-state index in [1.54, 1.807) is 25.1 Å². The Bertz CT molecular complexity index is 1110. The first kappa shape index (κ1) is 18.7. The van der Waals surface area contributed by atoms with Crippen LogP contribution in [0.2, 0.25) is 0 Å². The SMILES string of the molecule is C[C@](C#N)(NC(=O)COC(=O)c1ccc2noc(-c3ccccc3)c2c1)C1CC1. The molecule has 1 aliphatic carbocycles. The van der Waals surface area contributed by atoms with E-state index in [0.29, 0.717) is 16.7 Å². The first-order valence-electron chi connectivity index (χ1n) is 9.34. The number of carbonyl (C=O) groups is 2. The number of benzene rings is 2. The van der Waals surface area contributed by atoms with Gasteiger partial charge in [0.25, 0.3) is 5.91 Å². The number of amides is 1. The number of carbonyl (C=O) groups excluding carboxylic acids is 2. The van der Waals surface area contributed by atoms with Crippen molar-refractivity contribution in [3.8, 4) is 17.4 Å². The van der Waals surface area contributed by atoms with E-state index in [4.69, 9.17) is 9.26 Å². The van der Waals surface area contributed by atoms with Crippen LogP contribution in [-0.4, -0.2) is 29.2 Å². The summed E-state index contributed by atoms with van der Waals surface area (Å²) in [5.41, 5.74) is 0.828. The summed E-state index contributed by atoms with van der Waals surface area (Å²) in [6.07, 6.45) is 1.82. The zero-order valence-corrected chi connectivity index (χ0v) is 15.8. The van der Waals surface area contributed by atoms with Gasteiger partial charge in [-0.05, 0) is 43.9 Å². The van der Waals surface area contributed by atoms with Crippen LogP contribution in [0.25, 0.3) is 22.2 Å². The maximum Gasteiger partial charge on any atom is 0.338 e. The van der Waals surface area contributed by atoms with Crippen molar-refractivity contribution in [2.45, 2.75) is 25.3 Å². The molecule has 0 saturated heterocycles. The first-order chi connectivity index (χ1) is 14.0. The lowest BCUT2D eigenvalue weighted by Gasteiger charge is -2.22. The van der Waals surface area contributed by atoms with Crippen LogP contribution < -0.4 is 5.32 Å². The second-order valence-corrected chi connectivity index (χ2v) is 7.32. The molecular weight excluding hydrogens is 370 g/mol. The van der Waals surface area contributed by atoms with Gasteiger partial charge in [0.1, 0.15) is 11.1 Å². The monoisotopic (exact) mass is 389 g/mol. The minimum Gasteiger partial charge on any atom is -0.452 e. The second-order valence-electron chi connectivity index (χ2n) is 7.32. The normalized spacial score (nSPS) is 15.3. The Hall–Kier alpha value is -3.66. The minimum absolute atomic E-state index is 0.152. The number of hydrogen-bond acceptors (Lipinski definition) is 6. The van der Waals surface area contributed by atoms with E-state index in [1.165, 1.54) is 0 Å². The fourth-order valence-corrected chi connectivity index (χ4v) is 3.29. The quantitative estimate of drug-likeness (QED) is 0.647. The van der Waals surface area contributed by atoms with Gasteiger partial charge in [-0.25, -0.2) is 4.79 Å². The maximum atomic E-state index is 12.4. The van der Waals surface area contributed by atoms with Gasteiger partial charge in [-0.2, -0.15) is 5.26 Å². The number of nitrogens with one attached hydrogen (secondary N) is 1. The van der Waals surface area contributed by atoms with E-state index >= 15 is 0 Å². The van der Waals surface area contributed by atoms with Gasteiger partial charge in [0, 0.05) is 5.56 Å². The van der Waals surface area contributed by atoms with Gasteiger partial charge in [0.2, 0.25) is 0 Å². The molecule has 2 aromatic carbocycles. The van der Waals surface area contributed by atoms with E-state index in [9.17, 15) is 14.9 Å². The highest BCUT2D eigenvalue weighted by atomic mass is 16.5. The Balaban J connectivity index is 1.46. The number of ether oxygens (including phenoxy) is 1. The van der Waals surface area contributed by atoms with Crippen molar-refractivity contribution in [1.82, 2.24) is 10.5 Å². The molecule has 0 unspecified atom stereocenters. The highest BCUT2D eigenvalue weighted by Gasteiger charge is 2.43. The van der Waals surface area contributed by atoms with Crippen molar-refractivity contribution >= 4 is 22.8 Å². The average molecular weight is 389 g/mol. The molecule has 1 amide bonds. The van der Waals surface area contributed by atoms with Crippen LogP contribution in [0.3, 0.4) is 0 Å². The van der Waals surface area contributed by atoms with Crippen LogP contribution >= 0.6 is 0 Å². The number of fused-ring (bicyclic) bond motifs is 1. The highest BCUT2D eigenvalue weighted by Crippen LogP contribution is 2.39. The second kappa shape index (κ2) is 7.40. The summed E-state index contributed by atoms with van der Waals surface area (Å²) < 4.78 is 10.6. The number of aromatic nitrogens is 1. The molecule has 0 bridgehead atoms. The standard InChI is InChI=1S/C22H19N3O4/c1-22(13-23,16-8-9-16)24-19(26)12-28-21(27)15-7-10-18-17(11-15)20(29-25-18)14-5-3-2-4-6-14/h2-7,10-11,16H,8-9,12H2,1H3,(H,24,26)/t22-/m1/s1. The van der Waals surface area contributed by atoms with Crippen LogP contribution in [0.5, 0.6) is 0 Å². The summed E-state index contributed by atoms with van der Waals surface area (Å²) >= 11 is 0. The smallest absolute Gasteiger partial charge is 0.338 e. The molecule has 7 heteroatoms. The Labute approximate surface area is 167 Å². The van der Waals surface area contributed by atoms with Crippen LogP contribution in [-0.2, 0) is 9.53 Å². The molecule has 1 atom stereocenters. The zero-order chi connectivity index (χ0) is 20.4. The van der Waals surface area contributed by atoms with Gasteiger partial charge in [-0.15, -0.1) is 0 Å². The molecule has 0 aliphatic heterocycles. The Morgan fingerprint density at radius 2 is 2.03 bits per heavy atom. The van der Waals surface area contributed by atoms with Crippen LogP contribution in [0.4, 0.5) is 0 Å². The first-order valence-corrected chi connectivity index (χ1v) is 9.34. The molecule has 146 valence electrons. The van der Waals surface area contributed by atoms with E-state index < -0.39 is 24.0 Å². The van der Waals surface area contributed by atoms with E-state index in [1.807, 2.05) is 30.3 Å². The lowest BCUT2D eigenvalue weighted by atomic mass is 9.98. The molecule has 1 aliphatic rings. The largest absolute Gasteiger partial charge is 0.452 e. The van der Waals surface area contributed by atoms with Crippen molar-refractivity contribution in [1.29, 1.82) is 5.26 Å². The van der Waals surface area contributed by atoms with E-state index in [-0.39, 0.29) is 11.5 Å². The lowest BCUT2D eigenvalue weighted by Crippen LogP contribution is -2.48. The molecule has 0 spiro atoms. The third-order valence-electron chi connectivity index (χ3n) is 5.11. The lowest BCUT2D eigenvalue weighted by molar-refractivity contribution is -0.125. The average Bonchev–Trinajstić information content (AvgIpc) is 3.52. The van der Waals surface area contributed by atoms with Crippen molar-refractivity contribution in [2.75, 3.05) is 6.61 Å². The summed E-state index contributed by atoms with van der Waals surface area (Å²) in [7, 11) is 0. The Kier molecular flexibility index (Phi) is 4.77. The van der Waals surface area contributed by atoms with E-state index in [0.717, 1.165) is 18.4 Å². The van der Waals surface area contributed by atoms with Crippen molar-refractivity contribution in [2.24, 2.45) is 5.92 Å². The van der Waals surface area contributed by atoms with Crippen molar-refractivity contribution < 1.29 is 18.8 Å². The van der Waals surface area contributed by atoms with E-state index in [2.05, 4.69) is 16.5 Å². The summed E-state index contributed by atoms with van der Waals surface area (Å²) in [6, 6.07) is 16.5. The number of nitrogens with zero attached hydrogens (tertiary/aromatic N) is 2. The number of hydrogen-bond donors (Lipinski definition) is 1. The van der Waals surface area contributed by atoms with Crippen LogP contribution in [0, 0.1) is 17.2 Å². The molecule has 1 saturated carbocycles. The van der Waals surface area contributed by atoms with Crippen molar-refractivity contribution in [3.05, 3.63) is 54.1 Å². The summed E-state index contributed by atoms with van der Waals surface area (Å²) in [4.78, 5) is 24.6. The highest BCUT2D eigenvalue weighted by molar-refractivity contribution is 5.99. The van der Waals surface area contributed by atoms with Gasteiger partial charge in [-0.1, -0.05) is 35.5 Å². The number of nitriles is 1. The molecule has 4 rings (SSSR count). The third kappa shape index (κ3) is 3.83. The molecule has 1 N–H and O–H groups in total. The fraction of sp³-hybridized carbons (Fsp3) is 0.273. The van der Waals surface area contributed by atoms with Gasteiger partial charge in [0.15, 0.2) is 12.4 Å². The molecule has 29 heavy (non-hydrogen) atoms. The summed E-state index contributed by atoms with van der Waals surface area (Å²) in [6.45, 7) is 1.24. The third-order valence-corrected chi connectivity index (χ3v) is 5.11. The van der Waals surface area contributed by atoms with Gasteiger partial charge < -0.3 is 14.6 Å². The zero-order valence-electron chi connectivity index (χ0n) is 15.8. The van der Waals surface area contributed by atoms with Crippen LogP contribution in [0.15, 0.2) is 53.1 Å². The van der Waals surface area contributed by atoms with Gasteiger partial charge >= 0.3 is 5.97 Å².